The number of carboxylic acids is 2. The number of aromatic carboxylic acids is 1. The third kappa shape index (κ3) is 1.97. The number of hydrogen-bond acceptors (Lipinski definition) is 3. The number of carboxylic acid groups (broad SMARTS) is 2. The molecule has 0 aromatic heterocycles. The van der Waals surface area contributed by atoms with E-state index < -0.39 is 17.5 Å². The van der Waals surface area contributed by atoms with Crippen LogP contribution in [-0.4, -0.2) is 22.2 Å². The van der Waals surface area contributed by atoms with Crippen LogP contribution < -0.4 is 5.73 Å². The Hall–Kier alpha value is -1.88. The Balaban J connectivity index is 3.37. The first-order valence-electron chi connectivity index (χ1n) is 4.22. The van der Waals surface area contributed by atoms with E-state index in [9.17, 15) is 9.59 Å². The Morgan fingerprint density at radius 1 is 1.27 bits per heavy atom. The molecule has 5 heteroatoms. The first-order valence-corrected chi connectivity index (χ1v) is 4.22. The number of hydrogen-bond donors (Lipinski definition) is 3. The van der Waals surface area contributed by atoms with Gasteiger partial charge in [0.15, 0.2) is 0 Å². The highest BCUT2D eigenvalue weighted by molar-refractivity contribution is 5.93. The number of aliphatic carboxylic acids is 1. The van der Waals surface area contributed by atoms with Crippen molar-refractivity contribution in [3.63, 3.8) is 0 Å². The van der Waals surface area contributed by atoms with Crippen molar-refractivity contribution < 1.29 is 19.8 Å². The molecule has 1 aromatic carbocycles. The normalized spacial score (nSPS) is 14.3. The number of nitrogens with two attached hydrogens (primary N) is 1. The highest BCUT2D eigenvalue weighted by Crippen LogP contribution is 2.22. The van der Waals surface area contributed by atoms with E-state index in [2.05, 4.69) is 0 Å². The smallest absolute Gasteiger partial charge is 0.336 e. The fourth-order valence-electron chi connectivity index (χ4n) is 1.24. The van der Waals surface area contributed by atoms with Gasteiger partial charge >= 0.3 is 11.9 Å². The van der Waals surface area contributed by atoms with Gasteiger partial charge in [-0.25, -0.2) is 9.59 Å². The van der Waals surface area contributed by atoms with Gasteiger partial charge in [-0.15, -0.1) is 0 Å². The summed E-state index contributed by atoms with van der Waals surface area (Å²) in [6.45, 7) is 1.26. The lowest BCUT2D eigenvalue weighted by Crippen LogP contribution is -2.42. The summed E-state index contributed by atoms with van der Waals surface area (Å²) in [5.41, 5.74) is 3.85. The SMILES string of the molecule is CC(N)(C(=O)O)c1ccccc1C(=O)O. The zero-order valence-corrected chi connectivity index (χ0v) is 8.10. The zero-order valence-electron chi connectivity index (χ0n) is 8.10. The van der Waals surface area contributed by atoms with E-state index in [1.54, 1.807) is 6.07 Å². The molecule has 4 N–H and O–H groups in total. The second kappa shape index (κ2) is 3.70. The van der Waals surface area contributed by atoms with Crippen LogP contribution in [0.15, 0.2) is 24.3 Å². The van der Waals surface area contributed by atoms with Gasteiger partial charge in [0.2, 0.25) is 0 Å². The zero-order chi connectivity index (χ0) is 11.6. The van der Waals surface area contributed by atoms with Crippen LogP contribution in [0.3, 0.4) is 0 Å². The van der Waals surface area contributed by atoms with Crippen LogP contribution >= 0.6 is 0 Å². The first kappa shape index (κ1) is 11.2. The molecule has 0 aliphatic carbocycles. The van der Waals surface area contributed by atoms with Crippen molar-refractivity contribution in [2.24, 2.45) is 5.73 Å². The van der Waals surface area contributed by atoms with Crippen LogP contribution in [0.25, 0.3) is 0 Å². The highest BCUT2D eigenvalue weighted by atomic mass is 16.4. The van der Waals surface area contributed by atoms with Gasteiger partial charge in [0, 0.05) is 0 Å². The van der Waals surface area contributed by atoms with E-state index in [4.69, 9.17) is 15.9 Å². The summed E-state index contributed by atoms with van der Waals surface area (Å²) < 4.78 is 0. The highest BCUT2D eigenvalue weighted by Gasteiger charge is 2.33. The molecule has 0 spiro atoms. The molecule has 0 aliphatic heterocycles. The Bertz CT molecular complexity index is 412. The molecule has 0 saturated heterocycles. The molecule has 5 nitrogen and oxygen atoms in total. The molecule has 0 saturated carbocycles. The third-order valence-electron chi connectivity index (χ3n) is 2.16. The summed E-state index contributed by atoms with van der Waals surface area (Å²) in [4.78, 5) is 21.7. The van der Waals surface area contributed by atoms with E-state index in [0.717, 1.165) is 0 Å². The lowest BCUT2D eigenvalue weighted by atomic mass is 9.89. The van der Waals surface area contributed by atoms with E-state index >= 15 is 0 Å². The Morgan fingerprint density at radius 3 is 2.27 bits per heavy atom. The second-order valence-corrected chi connectivity index (χ2v) is 3.36. The summed E-state index contributed by atoms with van der Waals surface area (Å²) in [5.74, 6) is -2.46. The van der Waals surface area contributed by atoms with Crippen LogP contribution in [-0.2, 0) is 10.3 Å². The standard InChI is InChI=1S/C10H11NO4/c1-10(11,9(14)15)7-5-3-2-4-6(7)8(12)13/h2-5H,11H2,1H3,(H,12,13)(H,14,15). The molecule has 0 bridgehead atoms. The third-order valence-corrected chi connectivity index (χ3v) is 2.16. The van der Waals surface area contributed by atoms with Crippen molar-refractivity contribution in [3.8, 4) is 0 Å². The summed E-state index contributed by atoms with van der Waals surface area (Å²) in [6, 6.07) is 5.80. The molecule has 0 radical (unpaired) electrons. The largest absolute Gasteiger partial charge is 0.480 e. The Labute approximate surface area is 86.1 Å². The van der Waals surface area contributed by atoms with Crippen LogP contribution in [0.2, 0.25) is 0 Å². The number of carbonyl (C=O) groups is 2. The average Bonchev–Trinajstić information content (AvgIpc) is 2.17. The molecule has 1 atom stereocenters. The molecular weight excluding hydrogens is 198 g/mol. The number of benzene rings is 1. The van der Waals surface area contributed by atoms with Crippen molar-refractivity contribution in [1.82, 2.24) is 0 Å². The van der Waals surface area contributed by atoms with Crippen LogP contribution in [0.5, 0.6) is 0 Å². The van der Waals surface area contributed by atoms with Crippen LogP contribution in [0.1, 0.15) is 22.8 Å². The van der Waals surface area contributed by atoms with Crippen LogP contribution in [0.4, 0.5) is 0 Å². The molecule has 0 heterocycles. The maximum Gasteiger partial charge on any atom is 0.336 e. The molecule has 1 aromatic rings. The minimum Gasteiger partial charge on any atom is -0.480 e. The van der Waals surface area contributed by atoms with E-state index in [0.29, 0.717) is 0 Å². The van der Waals surface area contributed by atoms with E-state index in [-0.39, 0.29) is 11.1 Å². The molecule has 80 valence electrons. The molecular formula is C10H11NO4. The van der Waals surface area contributed by atoms with Crippen molar-refractivity contribution in [2.75, 3.05) is 0 Å². The lowest BCUT2D eigenvalue weighted by molar-refractivity contribution is -0.143. The minimum atomic E-state index is -1.70. The predicted molar refractivity (Wildman–Crippen MR) is 52.6 cm³/mol. The first-order chi connectivity index (χ1) is 6.87. The van der Waals surface area contributed by atoms with Crippen molar-refractivity contribution >= 4 is 11.9 Å². The van der Waals surface area contributed by atoms with Crippen LogP contribution in [0, 0.1) is 0 Å². The van der Waals surface area contributed by atoms with Gasteiger partial charge in [-0.05, 0) is 18.6 Å². The molecule has 15 heavy (non-hydrogen) atoms. The van der Waals surface area contributed by atoms with Gasteiger partial charge in [0.05, 0.1) is 5.56 Å². The summed E-state index contributed by atoms with van der Waals surface area (Å²) in [7, 11) is 0. The summed E-state index contributed by atoms with van der Waals surface area (Å²) in [6.07, 6.45) is 0. The second-order valence-electron chi connectivity index (χ2n) is 3.36. The van der Waals surface area contributed by atoms with Gasteiger partial charge < -0.3 is 15.9 Å². The minimum absolute atomic E-state index is 0.0880. The predicted octanol–water partition coefficient (Wildman–Crippen LogP) is 0.643. The monoisotopic (exact) mass is 209 g/mol. The van der Waals surface area contributed by atoms with Gasteiger partial charge in [-0.1, -0.05) is 18.2 Å². The van der Waals surface area contributed by atoms with Gasteiger partial charge in [0.1, 0.15) is 5.54 Å². The van der Waals surface area contributed by atoms with Gasteiger partial charge in [-0.3, -0.25) is 0 Å². The average molecular weight is 209 g/mol. The van der Waals surface area contributed by atoms with Crippen molar-refractivity contribution in [3.05, 3.63) is 35.4 Å². The van der Waals surface area contributed by atoms with Gasteiger partial charge in [0.25, 0.3) is 0 Å². The summed E-state index contributed by atoms with van der Waals surface area (Å²) >= 11 is 0. The fourth-order valence-corrected chi connectivity index (χ4v) is 1.24. The quantitative estimate of drug-likeness (QED) is 0.678. The Morgan fingerprint density at radius 2 is 1.80 bits per heavy atom. The molecule has 0 fully saturated rings. The maximum absolute atomic E-state index is 10.9. The molecule has 1 rings (SSSR count). The Kier molecular flexibility index (Phi) is 2.76. The topological polar surface area (TPSA) is 101 Å². The number of rotatable bonds is 3. The fraction of sp³-hybridized carbons (Fsp3) is 0.200. The van der Waals surface area contributed by atoms with Gasteiger partial charge in [-0.2, -0.15) is 0 Å². The van der Waals surface area contributed by atoms with E-state index in [1.165, 1.54) is 25.1 Å². The molecule has 0 amide bonds. The molecule has 0 aliphatic rings. The maximum atomic E-state index is 10.9. The lowest BCUT2D eigenvalue weighted by Gasteiger charge is -2.21. The van der Waals surface area contributed by atoms with E-state index in [1.807, 2.05) is 0 Å². The summed E-state index contributed by atoms with van der Waals surface area (Å²) in [5, 5.41) is 17.7. The van der Waals surface area contributed by atoms with Crippen molar-refractivity contribution in [2.45, 2.75) is 12.5 Å². The van der Waals surface area contributed by atoms with Crippen molar-refractivity contribution in [1.29, 1.82) is 0 Å². The molecule has 1 unspecified atom stereocenters.